The summed E-state index contributed by atoms with van der Waals surface area (Å²) < 4.78 is 5.36. The maximum Gasteiger partial charge on any atom is 0.407 e. The maximum atomic E-state index is 12.0. The van der Waals surface area contributed by atoms with Crippen LogP contribution in [0.2, 0.25) is 0 Å². The van der Waals surface area contributed by atoms with Crippen molar-refractivity contribution in [1.82, 2.24) is 10.3 Å². The first-order chi connectivity index (χ1) is 11.7. The van der Waals surface area contributed by atoms with Crippen LogP contribution < -0.4 is 16.0 Å². The predicted molar refractivity (Wildman–Crippen MR) is 102 cm³/mol. The van der Waals surface area contributed by atoms with Crippen LogP contribution >= 0.6 is 12.4 Å². The fraction of sp³-hybridized carbons (Fsp3) is 0.611. The fourth-order valence-corrected chi connectivity index (χ4v) is 3.83. The number of hydrogen-bond acceptors (Lipinski definition) is 5. The van der Waals surface area contributed by atoms with E-state index in [9.17, 15) is 9.59 Å². The van der Waals surface area contributed by atoms with Crippen molar-refractivity contribution in [3.05, 3.63) is 23.9 Å². The molecule has 2 bridgehead atoms. The standard InChI is InChI=1S/C18H26N4O3.ClH/c1-18(2,3)25-17(24)21-12-8-13-5-6-14(9-12)22(13)15-7-4-11(10-20-15)16(19)23;/h4,7,10,12-14H,5-6,8-9H2,1-3H3,(H2,19,23)(H,21,24);1H/t12?,13-,14+;. The van der Waals surface area contributed by atoms with Gasteiger partial charge in [0.05, 0.1) is 5.56 Å². The third-order valence-electron chi connectivity index (χ3n) is 4.75. The summed E-state index contributed by atoms with van der Waals surface area (Å²) in [6, 6.07) is 4.37. The van der Waals surface area contributed by atoms with Crippen LogP contribution in [0.1, 0.15) is 56.8 Å². The van der Waals surface area contributed by atoms with Crippen molar-refractivity contribution in [3.63, 3.8) is 0 Å². The summed E-state index contributed by atoms with van der Waals surface area (Å²) in [5.74, 6) is 0.399. The van der Waals surface area contributed by atoms with E-state index >= 15 is 0 Å². The normalized spacial score (nSPS) is 24.6. The molecule has 2 amide bonds. The highest BCUT2D eigenvalue weighted by Crippen LogP contribution is 2.38. The summed E-state index contributed by atoms with van der Waals surface area (Å²) >= 11 is 0. The molecule has 3 heterocycles. The Kier molecular flexibility index (Phi) is 6.01. The van der Waals surface area contributed by atoms with E-state index in [1.807, 2.05) is 26.8 Å². The summed E-state index contributed by atoms with van der Waals surface area (Å²) in [6.45, 7) is 5.58. The molecule has 1 unspecified atom stereocenters. The molecule has 3 rings (SSSR count). The van der Waals surface area contributed by atoms with Crippen LogP contribution in [0.4, 0.5) is 10.6 Å². The van der Waals surface area contributed by atoms with E-state index in [4.69, 9.17) is 10.5 Å². The number of anilines is 1. The maximum absolute atomic E-state index is 12.0. The lowest BCUT2D eigenvalue weighted by molar-refractivity contribution is 0.0492. The molecule has 3 N–H and O–H groups in total. The Labute approximate surface area is 160 Å². The van der Waals surface area contributed by atoms with Gasteiger partial charge in [-0.1, -0.05) is 0 Å². The molecule has 2 saturated heterocycles. The fourth-order valence-electron chi connectivity index (χ4n) is 3.83. The van der Waals surface area contributed by atoms with Gasteiger partial charge in [0.25, 0.3) is 0 Å². The minimum absolute atomic E-state index is 0. The molecular weight excluding hydrogens is 356 g/mol. The summed E-state index contributed by atoms with van der Waals surface area (Å²) in [7, 11) is 0. The first-order valence-corrected chi connectivity index (χ1v) is 8.76. The minimum Gasteiger partial charge on any atom is -0.444 e. The van der Waals surface area contributed by atoms with Gasteiger partial charge in [0.2, 0.25) is 5.91 Å². The van der Waals surface area contributed by atoms with Crippen molar-refractivity contribution in [2.45, 2.75) is 70.2 Å². The number of primary amides is 1. The van der Waals surface area contributed by atoms with Gasteiger partial charge < -0.3 is 20.7 Å². The number of rotatable bonds is 3. The number of amides is 2. The van der Waals surface area contributed by atoms with Gasteiger partial charge in [-0.15, -0.1) is 12.4 Å². The van der Waals surface area contributed by atoms with Crippen LogP contribution in [0.3, 0.4) is 0 Å². The summed E-state index contributed by atoms with van der Waals surface area (Å²) in [5, 5.41) is 3.00. The molecule has 8 heteroatoms. The largest absolute Gasteiger partial charge is 0.444 e. The Hall–Kier alpha value is -2.02. The number of alkyl carbamates (subject to hydrolysis) is 1. The topological polar surface area (TPSA) is 97.5 Å². The Morgan fingerprint density at radius 3 is 2.31 bits per heavy atom. The van der Waals surface area contributed by atoms with Gasteiger partial charge in [0.1, 0.15) is 11.4 Å². The molecule has 144 valence electrons. The summed E-state index contributed by atoms with van der Waals surface area (Å²) in [4.78, 5) is 29.9. The predicted octanol–water partition coefficient (Wildman–Crippen LogP) is 2.63. The van der Waals surface area contributed by atoms with Crippen molar-refractivity contribution < 1.29 is 14.3 Å². The van der Waals surface area contributed by atoms with E-state index in [2.05, 4.69) is 15.2 Å². The zero-order chi connectivity index (χ0) is 18.2. The molecule has 7 nitrogen and oxygen atoms in total. The monoisotopic (exact) mass is 382 g/mol. The molecule has 2 aliphatic heterocycles. The lowest BCUT2D eigenvalue weighted by Gasteiger charge is -2.40. The number of carbonyl (C=O) groups excluding carboxylic acids is 2. The van der Waals surface area contributed by atoms with Crippen LogP contribution in [0.5, 0.6) is 0 Å². The highest BCUT2D eigenvalue weighted by atomic mass is 35.5. The number of carbonyl (C=O) groups is 2. The number of piperidine rings is 1. The molecule has 2 aliphatic rings. The van der Waals surface area contributed by atoms with Crippen LogP contribution in [0, 0.1) is 0 Å². The second kappa shape index (κ2) is 7.70. The number of fused-ring (bicyclic) bond motifs is 2. The van der Waals surface area contributed by atoms with Gasteiger partial charge in [-0.05, 0) is 58.6 Å². The number of hydrogen-bond donors (Lipinski definition) is 2. The van der Waals surface area contributed by atoms with Crippen molar-refractivity contribution in [2.75, 3.05) is 4.90 Å². The van der Waals surface area contributed by atoms with E-state index in [0.717, 1.165) is 31.5 Å². The number of nitrogens with one attached hydrogen (secondary N) is 1. The lowest BCUT2D eigenvalue weighted by atomic mass is 9.97. The van der Waals surface area contributed by atoms with Gasteiger partial charge >= 0.3 is 6.09 Å². The second-order valence-electron chi connectivity index (χ2n) is 7.88. The van der Waals surface area contributed by atoms with Crippen LogP contribution in [-0.4, -0.2) is 40.7 Å². The first kappa shape index (κ1) is 20.3. The molecule has 3 atom stereocenters. The van der Waals surface area contributed by atoms with E-state index in [1.165, 1.54) is 6.20 Å². The summed E-state index contributed by atoms with van der Waals surface area (Å²) in [5.41, 5.74) is 5.20. The molecule has 0 aliphatic carbocycles. The number of pyridine rings is 1. The third-order valence-corrected chi connectivity index (χ3v) is 4.75. The molecule has 0 aromatic carbocycles. The number of aromatic nitrogens is 1. The Morgan fingerprint density at radius 1 is 1.23 bits per heavy atom. The van der Waals surface area contributed by atoms with Gasteiger partial charge in [0.15, 0.2) is 0 Å². The smallest absolute Gasteiger partial charge is 0.407 e. The average Bonchev–Trinajstić information content (AvgIpc) is 2.76. The molecule has 2 fully saturated rings. The Morgan fingerprint density at radius 2 is 1.85 bits per heavy atom. The molecule has 0 saturated carbocycles. The minimum atomic E-state index is -0.490. The van der Waals surface area contributed by atoms with E-state index in [0.29, 0.717) is 17.6 Å². The van der Waals surface area contributed by atoms with Crippen molar-refractivity contribution in [2.24, 2.45) is 5.73 Å². The molecule has 26 heavy (non-hydrogen) atoms. The zero-order valence-electron chi connectivity index (χ0n) is 15.4. The van der Waals surface area contributed by atoms with Gasteiger partial charge in [-0.3, -0.25) is 4.79 Å². The van der Waals surface area contributed by atoms with Gasteiger partial charge in [-0.2, -0.15) is 0 Å². The molecule has 1 aromatic rings. The van der Waals surface area contributed by atoms with Crippen LogP contribution in [-0.2, 0) is 4.74 Å². The quantitative estimate of drug-likeness (QED) is 0.837. The molecule has 1 aromatic heterocycles. The van der Waals surface area contributed by atoms with E-state index in [1.54, 1.807) is 6.07 Å². The van der Waals surface area contributed by atoms with Crippen LogP contribution in [0.15, 0.2) is 18.3 Å². The Bertz CT molecular complexity index is 645. The molecular formula is C18H27ClN4O3. The Balaban J connectivity index is 0.00000243. The number of halogens is 1. The number of nitrogens with zero attached hydrogens (tertiary/aromatic N) is 2. The highest BCUT2D eigenvalue weighted by molar-refractivity contribution is 5.92. The summed E-state index contributed by atoms with van der Waals surface area (Å²) in [6.07, 6.45) is 5.08. The number of ether oxygens (including phenoxy) is 1. The van der Waals surface area contributed by atoms with E-state index < -0.39 is 11.5 Å². The van der Waals surface area contributed by atoms with Crippen molar-refractivity contribution >= 4 is 30.2 Å². The van der Waals surface area contributed by atoms with Crippen molar-refractivity contribution in [1.29, 1.82) is 0 Å². The average molecular weight is 383 g/mol. The highest BCUT2D eigenvalue weighted by Gasteiger charge is 2.42. The zero-order valence-corrected chi connectivity index (χ0v) is 16.2. The SMILES string of the molecule is CC(C)(C)OC(=O)NC1C[C@H]2CC[C@@H](C1)N2c1ccc(C(N)=O)cn1.Cl. The molecule has 0 radical (unpaired) electrons. The van der Waals surface area contributed by atoms with Crippen LogP contribution in [0.25, 0.3) is 0 Å². The van der Waals surface area contributed by atoms with Crippen molar-refractivity contribution in [3.8, 4) is 0 Å². The molecule has 0 spiro atoms. The second-order valence-corrected chi connectivity index (χ2v) is 7.88. The number of nitrogens with two attached hydrogens (primary N) is 1. The van der Waals surface area contributed by atoms with Gasteiger partial charge in [0, 0.05) is 24.3 Å². The third kappa shape index (κ3) is 4.58. The van der Waals surface area contributed by atoms with Gasteiger partial charge in [-0.25, -0.2) is 9.78 Å². The van der Waals surface area contributed by atoms with E-state index in [-0.39, 0.29) is 24.5 Å². The lowest BCUT2D eigenvalue weighted by Crippen LogP contribution is -2.51. The first-order valence-electron chi connectivity index (χ1n) is 8.76.